The van der Waals surface area contributed by atoms with Gasteiger partial charge in [-0.2, -0.15) is 0 Å². The molecular weight excluding hydrogens is 274 g/mol. The summed E-state index contributed by atoms with van der Waals surface area (Å²) < 4.78 is 0. The molecule has 1 aliphatic rings. The Kier molecular flexibility index (Phi) is 5.10. The number of benzene rings is 1. The zero-order valence-electron chi connectivity index (χ0n) is 12.8. The van der Waals surface area contributed by atoms with Crippen LogP contribution in [0.4, 0.5) is 0 Å². The van der Waals surface area contributed by atoms with Crippen LogP contribution in [0.25, 0.3) is 0 Å². The van der Waals surface area contributed by atoms with Crippen molar-refractivity contribution in [3.63, 3.8) is 0 Å². The lowest BCUT2D eigenvalue weighted by Crippen LogP contribution is -2.24. The molecule has 1 unspecified atom stereocenters. The van der Waals surface area contributed by atoms with E-state index in [0.29, 0.717) is 6.04 Å². The van der Waals surface area contributed by atoms with Gasteiger partial charge in [0.15, 0.2) is 0 Å². The Bertz CT molecular complexity index is 525. The van der Waals surface area contributed by atoms with Crippen molar-refractivity contribution in [3.8, 4) is 0 Å². The molecule has 1 aliphatic carbocycles. The SMILES string of the molecule is CCCNC(Cc1cccs1)c1ccc(C2CCC2)cc1. The maximum absolute atomic E-state index is 3.71. The molecule has 1 nitrogen and oxygen atoms in total. The first-order valence-corrected chi connectivity index (χ1v) is 9.10. The number of rotatable bonds is 7. The van der Waals surface area contributed by atoms with E-state index in [-0.39, 0.29) is 0 Å². The van der Waals surface area contributed by atoms with Crippen LogP contribution in [0.2, 0.25) is 0 Å². The molecule has 1 saturated carbocycles. The van der Waals surface area contributed by atoms with Gasteiger partial charge in [-0.1, -0.05) is 43.7 Å². The molecule has 112 valence electrons. The molecule has 0 amide bonds. The largest absolute Gasteiger partial charge is 0.310 e. The van der Waals surface area contributed by atoms with Gasteiger partial charge in [-0.05, 0) is 54.3 Å². The van der Waals surface area contributed by atoms with Crippen LogP contribution in [-0.2, 0) is 6.42 Å². The van der Waals surface area contributed by atoms with Gasteiger partial charge in [0.2, 0.25) is 0 Å². The lowest BCUT2D eigenvalue weighted by atomic mass is 9.80. The van der Waals surface area contributed by atoms with Crippen molar-refractivity contribution >= 4 is 11.3 Å². The first-order valence-electron chi connectivity index (χ1n) is 8.22. The third-order valence-corrected chi connectivity index (χ3v) is 5.44. The molecule has 0 aliphatic heterocycles. The highest BCUT2D eigenvalue weighted by Crippen LogP contribution is 2.36. The molecule has 2 aromatic rings. The second-order valence-corrected chi connectivity index (χ2v) is 7.12. The Morgan fingerprint density at radius 1 is 1.19 bits per heavy atom. The van der Waals surface area contributed by atoms with Crippen LogP contribution in [0.3, 0.4) is 0 Å². The minimum atomic E-state index is 0.444. The highest BCUT2D eigenvalue weighted by molar-refractivity contribution is 7.09. The van der Waals surface area contributed by atoms with Crippen molar-refractivity contribution in [2.45, 2.75) is 51.0 Å². The van der Waals surface area contributed by atoms with Crippen LogP contribution < -0.4 is 5.32 Å². The summed E-state index contributed by atoms with van der Waals surface area (Å²) in [4.78, 5) is 1.46. The Morgan fingerprint density at radius 2 is 2.00 bits per heavy atom. The number of hydrogen-bond donors (Lipinski definition) is 1. The van der Waals surface area contributed by atoms with E-state index in [1.54, 1.807) is 0 Å². The first-order chi connectivity index (χ1) is 10.4. The second-order valence-electron chi connectivity index (χ2n) is 6.08. The molecule has 0 radical (unpaired) electrons. The average Bonchev–Trinajstić information content (AvgIpc) is 2.95. The van der Waals surface area contributed by atoms with E-state index in [4.69, 9.17) is 0 Å². The molecule has 1 aromatic carbocycles. The molecule has 0 bridgehead atoms. The summed E-state index contributed by atoms with van der Waals surface area (Å²) in [5, 5.41) is 5.88. The summed E-state index contributed by atoms with van der Waals surface area (Å²) in [6.07, 6.45) is 6.45. The smallest absolute Gasteiger partial charge is 0.0368 e. The summed E-state index contributed by atoms with van der Waals surface area (Å²) in [6, 6.07) is 14.2. The van der Waals surface area contributed by atoms with Crippen molar-refractivity contribution in [2.75, 3.05) is 6.54 Å². The van der Waals surface area contributed by atoms with E-state index >= 15 is 0 Å². The molecule has 3 rings (SSSR count). The summed E-state index contributed by atoms with van der Waals surface area (Å²) in [7, 11) is 0. The van der Waals surface area contributed by atoms with Crippen molar-refractivity contribution in [3.05, 3.63) is 57.8 Å². The lowest BCUT2D eigenvalue weighted by molar-refractivity contribution is 0.419. The van der Waals surface area contributed by atoms with Crippen LogP contribution in [0, 0.1) is 0 Å². The Morgan fingerprint density at radius 3 is 2.57 bits per heavy atom. The van der Waals surface area contributed by atoms with Crippen LogP contribution in [0.1, 0.15) is 60.6 Å². The normalized spacial score (nSPS) is 16.6. The molecule has 1 aromatic heterocycles. The molecule has 21 heavy (non-hydrogen) atoms. The fourth-order valence-corrected chi connectivity index (χ4v) is 3.75. The third kappa shape index (κ3) is 3.75. The first kappa shape index (κ1) is 14.8. The Balaban J connectivity index is 1.71. The molecule has 0 spiro atoms. The van der Waals surface area contributed by atoms with Crippen LogP contribution >= 0.6 is 11.3 Å². The predicted molar refractivity (Wildman–Crippen MR) is 92.1 cm³/mol. The minimum Gasteiger partial charge on any atom is -0.310 e. The summed E-state index contributed by atoms with van der Waals surface area (Å²) in [5.74, 6) is 0.832. The fraction of sp³-hybridized carbons (Fsp3) is 0.474. The monoisotopic (exact) mass is 299 g/mol. The van der Waals surface area contributed by atoms with Crippen molar-refractivity contribution in [1.29, 1.82) is 0 Å². The van der Waals surface area contributed by atoms with Crippen LogP contribution in [-0.4, -0.2) is 6.54 Å². The van der Waals surface area contributed by atoms with E-state index < -0.39 is 0 Å². The van der Waals surface area contributed by atoms with E-state index in [9.17, 15) is 0 Å². The quantitative estimate of drug-likeness (QED) is 0.731. The van der Waals surface area contributed by atoms with Crippen molar-refractivity contribution < 1.29 is 0 Å². The summed E-state index contributed by atoms with van der Waals surface area (Å²) in [6.45, 7) is 3.31. The Labute approximate surface area is 132 Å². The molecule has 1 N–H and O–H groups in total. The van der Waals surface area contributed by atoms with Gasteiger partial charge in [0, 0.05) is 17.3 Å². The third-order valence-electron chi connectivity index (χ3n) is 4.54. The number of thiophene rings is 1. The molecular formula is C19H25NS. The van der Waals surface area contributed by atoms with Gasteiger partial charge >= 0.3 is 0 Å². The van der Waals surface area contributed by atoms with Crippen LogP contribution in [0.5, 0.6) is 0 Å². The van der Waals surface area contributed by atoms with Gasteiger partial charge in [-0.3, -0.25) is 0 Å². The predicted octanol–water partition coefficient (Wildman–Crippen LogP) is 5.30. The van der Waals surface area contributed by atoms with Crippen molar-refractivity contribution in [2.24, 2.45) is 0 Å². The highest BCUT2D eigenvalue weighted by Gasteiger charge is 2.20. The molecule has 1 atom stereocenters. The Hall–Kier alpha value is -1.12. The van der Waals surface area contributed by atoms with Gasteiger partial charge in [-0.25, -0.2) is 0 Å². The van der Waals surface area contributed by atoms with Gasteiger partial charge < -0.3 is 5.32 Å². The van der Waals surface area contributed by atoms with Gasteiger partial charge in [0.25, 0.3) is 0 Å². The maximum Gasteiger partial charge on any atom is 0.0368 e. The van der Waals surface area contributed by atoms with Crippen LogP contribution in [0.15, 0.2) is 41.8 Å². The fourth-order valence-electron chi connectivity index (χ4n) is 3.00. The summed E-state index contributed by atoms with van der Waals surface area (Å²) >= 11 is 1.86. The summed E-state index contributed by atoms with van der Waals surface area (Å²) in [5.41, 5.74) is 2.97. The maximum atomic E-state index is 3.71. The lowest BCUT2D eigenvalue weighted by Gasteiger charge is -2.26. The van der Waals surface area contributed by atoms with E-state index in [1.165, 1.54) is 41.7 Å². The van der Waals surface area contributed by atoms with E-state index in [0.717, 1.165) is 18.9 Å². The molecule has 1 fully saturated rings. The molecule has 0 saturated heterocycles. The zero-order valence-corrected chi connectivity index (χ0v) is 13.7. The number of nitrogens with one attached hydrogen (secondary N) is 1. The average molecular weight is 299 g/mol. The number of hydrogen-bond acceptors (Lipinski definition) is 2. The standard InChI is InChI=1S/C19H25NS/c1-2-12-20-19(14-18-7-4-13-21-18)17-10-8-16(9-11-17)15-5-3-6-15/h4,7-11,13,15,19-20H,2-3,5-6,12,14H2,1H3. The highest BCUT2D eigenvalue weighted by atomic mass is 32.1. The van der Waals surface area contributed by atoms with Gasteiger partial charge in [0.1, 0.15) is 0 Å². The second kappa shape index (κ2) is 7.24. The van der Waals surface area contributed by atoms with Gasteiger partial charge in [0.05, 0.1) is 0 Å². The minimum absolute atomic E-state index is 0.444. The van der Waals surface area contributed by atoms with Gasteiger partial charge in [-0.15, -0.1) is 11.3 Å². The van der Waals surface area contributed by atoms with Crippen molar-refractivity contribution in [1.82, 2.24) is 5.32 Å². The molecule has 2 heteroatoms. The molecule has 1 heterocycles. The van der Waals surface area contributed by atoms with E-state index in [2.05, 4.69) is 54.0 Å². The topological polar surface area (TPSA) is 12.0 Å². The zero-order chi connectivity index (χ0) is 14.5. The van der Waals surface area contributed by atoms with E-state index in [1.807, 2.05) is 11.3 Å².